The summed E-state index contributed by atoms with van der Waals surface area (Å²) in [5, 5.41) is 4.16. The van der Waals surface area contributed by atoms with Crippen molar-refractivity contribution in [3.8, 4) is 0 Å². The van der Waals surface area contributed by atoms with Gasteiger partial charge in [-0.05, 0) is 42.7 Å². The minimum Gasteiger partial charge on any atom is -0.367 e. The predicted octanol–water partition coefficient (Wildman–Crippen LogP) is 3.98. The summed E-state index contributed by atoms with van der Waals surface area (Å²) in [5.74, 6) is 0.152. The van der Waals surface area contributed by atoms with Crippen molar-refractivity contribution in [3.05, 3.63) is 66.0 Å². The van der Waals surface area contributed by atoms with E-state index in [2.05, 4.69) is 20.2 Å². The molecule has 0 unspecified atom stereocenters. The lowest BCUT2D eigenvalue weighted by atomic mass is 10.0. The second-order valence-electron chi connectivity index (χ2n) is 6.68. The summed E-state index contributed by atoms with van der Waals surface area (Å²) in [6, 6.07) is 11.9. The third-order valence-electron chi connectivity index (χ3n) is 4.86. The molecule has 2 heterocycles. The molecule has 3 aromatic rings. The minimum atomic E-state index is -0.331. The molecule has 0 bridgehead atoms. The van der Waals surface area contributed by atoms with Crippen molar-refractivity contribution in [1.29, 1.82) is 0 Å². The molecule has 0 atom stereocenters. The van der Waals surface area contributed by atoms with Gasteiger partial charge in [0.25, 0.3) is 0 Å². The summed E-state index contributed by atoms with van der Waals surface area (Å²) < 4.78 is 26.9. The SMILES string of the molecule is Fc1ccc(CN2CCC(Nc3ncnc4c(F)cccc34)CC2)cc1. The molecule has 1 fully saturated rings. The van der Waals surface area contributed by atoms with Gasteiger partial charge in [-0.3, -0.25) is 4.90 Å². The Labute approximate surface area is 150 Å². The zero-order valence-corrected chi connectivity index (χ0v) is 14.3. The molecule has 0 radical (unpaired) electrons. The highest BCUT2D eigenvalue weighted by atomic mass is 19.1. The van der Waals surface area contributed by atoms with Crippen LogP contribution < -0.4 is 5.32 Å². The van der Waals surface area contributed by atoms with Gasteiger partial charge < -0.3 is 5.32 Å². The average molecular weight is 354 g/mol. The molecule has 4 nitrogen and oxygen atoms in total. The Morgan fingerprint density at radius 2 is 1.77 bits per heavy atom. The summed E-state index contributed by atoms with van der Waals surface area (Å²) in [7, 11) is 0. The molecule has 1 aliphatic rings. The number of para-hydroxylation sites is 1. The Balaban J connectivity index is 1.38. The number of fused-ring (bicyclic) bond motifs is 1. The summed E-state index contributed by atoms with van der Waals surface area (Å²) in [4.78, 5) is 10.7. The van der Waals surface area contributed by atoms with E-state index in [0.29, 0.717) is 22.8 Å². The Morgan fingerprint density at radius 1 is 1.00 bits per heavy atom. The average Bonchev–Trinajstić information content (AvgIpc) is 2.66. The van der Waals surface area contributed by atoms with Crippen LogP contribution in [0.5, 0.6) is 0 Å². The second kappa shape index (κ2) is 7.33. The van der Waals surface area contributed by atoms with Crippen LogP contribution in [0.2, 0.25) is 0 Å². The predicted molar refractivity (Wildman–Crippen MR) is 97.8 cm³/mol. The van der Waals surface area contributed by atoms with Gasteiger partial charge in [-0.1, -0.05) is 18.2 Å². The lowest BCUT2D eigenvalue weighted by molar-refractivity contribution is 0.211. The fourth-order valence-corrected chi connectivity index (χ4v) is 3.44. The maximum absolute atomic E-state index is 13.9. The van der Waals surface area contributed by atoms with Gasteiger partial charge in [0.05, 0.1) is 0 Å². The van der Waals surface area contributed by atoms with Crippen molar-refractivity contribution < 1.29 is 8.78 Å². The van der Waals surface area contributed by atoms with Gasteiger partial charge >= 0.3 is 0 Å². The minimum absolute atomic E-state index is 0.204. The van der Waals surface area contributed by atoms with Crippen LogP contribution in [-0.4, -0.2) is 34.0 Å². The van der Waals surface area contributed by atoms with E-state index in [1.807, 2.05) is 18.2 Å². The lowest BCUT2D eigenvalue weighted by Crippen LogP contribution is -2.38. The number of piperidine rings is 1. The summed E-state index contributed by atoms with van der Waals surface area (Å²) in [5.41, 5.74) is 1.47. The third kappa shape index (κ3) is 3.65. The van der Waals surface area contributed by atoms with Gasteiger partial charge in [-0.2, -0.15) is 0 Å². The molecule has 26 heavy (non-hydrogen) atoms. The molecule has 0 saturated carbocycles. The summed E-state index contributed by atoms with van der Waals surface area (Å²) in [6.07, 6.45) is 3.35. The van der Waals surface area contributed by atoms with Crippen LogP contribution in [0.3, 0.4) is 0 Å². The van der Waals surface area contributed by atoms with Gasteiger partial charge in [0.2, 0.25) is 0 Å². The van der Waals surface area contributed by atoms with Crippen LogP contribution in [0.25, 0.3) is 10.9 Å². The topological polar surface area (TPSA) is 41.0 Å². The molecule has 2 aromatic carbocycles. The van der Waals surface area contributed by atoms with E-state index in [9.17, 15) is 8.78 Å². The van der Waals surface area contributed by atoms with Gasteiger partial charge in [0, 0.05) is 31.1 Å². The highest BCUT2D eigenvalue weighted by molar-refractivity contribution is 5.89. The number of hydrogen-bond donors (Lipinski definition) is 1. The van der Waals surface area contributed by atoms with Crippen molar-refractivity contribution >= 4 is 16.7 Å². The largest absolute Gasteiger partial charge is 0.367 e. The van der Waals surface area contributed by atoms with Crippen LogP contribution >= 0.6 is 0 Å². The molecular formula is C20H20F2N4. The van der Waals surface area contributed by atoms with E-state index < -0.39 is 0 Å². The smallest absolute Gasteiger partial charge is 0.149 e. The molecule has 4 rings (SSSR count). The van der Waals surface area contributed by atoms with E-state index in [4.69, 9.17) is 0 Å². The number of hydrogen-bond acceptors (Lipinski definition) is 4. The first-order chi connectivity index (χ1) is 12.7. The Kier molecular flexibility index (Phi) is 4.75. The van der Waals surface area contributed by atoms with Crippen molar-refractivity contribution in [2.75, 3.05) is 18.4 Å². The number of nitrogens with one attached hydrogen (secondary N) is 1. The first kappa shape index (κ1) is 16.8. The molecule has 0 amide bonds. The quantitative estimate of drug-likeness (QED) is 0.769. The molecular weight excluding hydrogens is 334 g/mol. The van der Waals surface area contributed by atoms with Gasteiger partial charge in [-0.15, -0.1) is 0 Å². The molecule has 1 N–H and O–H groups in total. The molecule has 6 heteroatoms. The standard InChI is InChI=1S/C20H20F2N4/c21-15-6-4-14(5-7-15)12-26-10-8-16(9-11-26)25-20-17-2-1-3-18(22)19(17)23-13-24-20/h1-7,13,16H,8-12H2,(H,23,24,25). The Bertz CT molecular complexity index is 890. The maximum Gasteiger partial charge on any atom is 0.149 e. The van der Waals surface area contributed by atoms with Gasteiger partial charge in [0.1, 0.15) is 29.3 Å². The fourth-order valence-electron chi connectivity index (χ4n) is 3.44. The van der Waals surface area contributed by atoms with Crippen LogP contribution in [0.1, 0.15) is 18.4 Å². The number of anilines is 1. The number of aromatic nitrogens is 2. The van der Waals surface area contributed by atoms with Crippen LogP contribution in [0, 0.1) is 11.6 Å². The van der Waals surface area contributed by atoms with Crippen LogP contribution in [-0.2, 0) is 6.54 Å². The van der Waals surface area contributed by atoms with Crippen molar-refractivity contribution in [2.45, 2.75) is 25.4 Å². The Morgan fingerprint density at radius 3 is 2.54 bits per heavy atom. The van der Waals surface area contributed by atoms with Crippen molar-refractivity contribution in [3.63, 3.8) is 0 Å². The second-order valence-corrected chi connectivity index (χ2v) is 6.68. The highest BCUT2D eigenvalue weighted by Gasteiger charge is 2.20. The first-order valence-corrected chi connectivity index (χ1v) is 8.81. The lowest BCUT2D eigenvalue weighted by Gasteiger charge is -2.32. The summed E-state index contributed by atoms with van der Waals surface area (Å²) in [6.45, 7) is 2.73. The van der Waals surface area contributed by atoms with Crippen molar-refractivity contribution in [2.24, 2.45) is 0 Å². The van der Waals surface area contributed by atoms with Crippen LogP contribution in [0.15, 0.2) is 48.8 Å². The molecule has 1 aliphatic heterocycles. The van der Waals surface area contributed by atoms with Gasteiger partial charge in [0.15, 0.2) is 0 Å². The van der Waals surface area contributed by atoms with Crippen molar-refractivity contribution in [1.82, 2.24) is 14.9 Å². The van der Waals surface area contributed by atoms with E-state index in [0.717, 1.165) is 38.0 Å². The van der Waals surface area contributed by atoms with E-state index in [1.165, 1.54) is 24.5 Å². The molecule has 134 valence electrons. The molecule has 1 aromatic heterocycles. The number of nitrogens with zero attached hydrogens (tertiary/aromatic N) is 3. The number of benzene rings is 2. The number of halogens is 2. The number of rotatable bonds is 4. The normalized spacial score (nSPS) is 16.1. The highest BCUT2D eigenvalue weighted by Crippen LogP contribution is 2.24. The molecule has 0 aliphatic carbocycles. The summed E-state index contributed by atoms with van der Waals surface area (Å²) >= 11 is 0. The van der Waals surface area contributed by atoms with E-state index in [1.54, 1.807) is 6.07 Å². The van der Waals surface area contributed by atoms with E-state index in [-0.39, 0.29) is 11.6 Å². The maximum atomic E-state index is 13.9. The Hall–Kier alpha value is -2.60. The fraction of sp³-hybridized carbons (Fsp3) is 0.300. The number of likely N-dealkylation sites (tertiary alicyclic amines) is 1. The first-order valence-electron chi connectivity index (χ1n) is 8.81. The van der Waals surface area contributed by atoms with E-state index >= 15 is 0 Å². The zero-order valence-electron chi connectivity index (χ0n) is 14.3. The van der Waals surface area contributed by atoms with Gasteiger partial charge in [-0.25, -0.2) is 18.7 Å². The monoisotopic (exact) mass is 354 g/mol. The van der Waals surface area contributed by atoms with Crippen LogP contribution in [0.4, 0.5) is 14.6 Å². The molecule has 0 spiro atoms. The third-order valence-corrected chi connectivity index (χ3v) is 4.86. The zero-order chi connectivity index (χ0) is 17.9. The molecule has 1 saturated heterocycles.